The fraction of sp³-hybridized carbons (Fsp3) is 0. The van der Waals surface area contributed by atoms with E-state index in [9.17, 15) is 13.2 Å². The fourth-order valence-corrected chi connectivity index (χ4v) is 1.99. The second-order valence-corrected chi connectivity index (χ2v) is 5.29. The van der Waals surface area contributed by atoms with Crippen molar-refractivity contribution in [1.82, 2.24) is 4.72 Å². The second-order valence-electron chi connectivity index (χ2n) is 2.36. The predicted octanol–water partition coefficient (Wildman–Crippen LogP) is 1.25. The van der Waals surface area contributed by atoms with E-state index in [1.165, 1.54) is 16.9 Å². The number of carbonyl (C=O) groups is 1. The number of hydrogen-bond acceptors (Lipinski definition) is 3. The Morgan fingerprint density at radius 2 is 1.79 bits per heavy atom. The van der Waals surface area contributed by atoms with E-state index in [4.69, 9.17) is 5.11 Å². The molecule has 0 bridgehead atoms. The summed E-state index contributed by atoms with van der Waals surface area (Å²) in [5.74, 6) is 0. The van der Waals surface area contributed by atoms with Crippen LogP contribution in [-0.2, 0) is 10.0 Å². The first-order valence-electron chi connectivity index (χ1n) is 3.43. The van der Waals surface area contributed by atoms with Crippen molar-refractivity contribution in [1.29, 1.82) is 0 Å². The van der Waals surface area contributed by atoms with Crippen molar-refractivity contribution in [3.05, 3.63) is 27.8 Å². The first-order chi connectivity index (χ1) is 6.42. The lowest BCUT2D eigenvalue weighted by Gasteiger charge is -2.02. The van der Waals surface area contributed by atoms with Gasteiger partial charge in [0.25, 0.3) is 10.0 Å². The molecule has 5 nitrogen and oxygen atoms in total. The minimum atomic E-state index is -3.93. The molecular weight excluding hydrogens is 321 g/mol. The lowest BCUT2D eigenvalue weighted by atomic mass is 10.4. The van der Waals surface area contributed by atoms with E-state index in [-0.39, 0.29) is 4.90 Å². The Hall–Kier alpha value is -0.830. The maximum absolute atomic E-state index is 11.3. The van der Waals surface area contributed by atoms with Crippen molar-refractivity contribution in [2.45, 2.75) is 4.90 Å². The third kappa shape index (κ3) is 2.84. The van der Waals surface area contributed by atoms with Gasteiger partial charge in [0.15, 0.2) is 0 Å². The molecule has 76 valence electrons. The van der Waals surface area contributed by atoms with Gasteiger partial charge in [-0.3, -0.25) is 0 Å². The van der Waals surface area contributed by atoms with Crippen LogP contribution in [0.15, 0.2) is 29.2 Å². The van der Waals surface area contributed by atoms with E-state index in [0.717, 1.165) is 3.57 Å². The average molecular weight is 327 g/mol. The number of benzene rings is 1. The molecule has 0 saturated heterocycles. The van der Waals surface area contributed by atoms with Crippen LogP contribution < -0.4 is 4.72 Å². The minimum Gasteiger partial charge on any atom is -0.464 e. The van der Waals surface area contributed by atoms with Crippen LogP contribution in [0.4, 0.5) is 4.79 Å². The summed E-state index contributed by atoms with van der Waals surface area (Å²) < 4.78 is 24.8. The third-order valence-corrected chi connectivity index (χ3v) is 3.40. The maximum Gasteiger partial charge on any atom is 0.418 e. The van der Waals surface area contributed by atoms with Gasteiger partial charge in [-0.15, -0.1) is 0 Å². The van der Waals surface area contributed by atoms with Gasteiger partial charge in [0.05, 0.1) is 4.90 Å². The number of nitrogens with one attached hydrogen (secondary N) is 1. The number of sulfonamides is 1. The Kier molecular flexibility index (Phi) is 3.32. The molecule has 0 aliphatic carbocycles. The van der Waals surface area contributed by atoms with Crippen molar-refractivity contribution >= 4 is 38.7 Å². The highest BCUT2D eigenvalue weighted by molar-refractivity contribution is 14.1. The number of amides is 1. The summed E-state index contributed by atoms with van der Waals surface area (Å²) in [6.45, 7) is 0. The van der Waals surface area contributed by atoms with Gasteiger partial charge in [-0.05, 0) is 46.9 Å². The van der Waals surface area contributed by atoms with Crippen LogP contribution in [0.5, 0.6) is 0 Å². The fourth-order valence-electron chi connectivity index (χ4n) is 0.788. The summed E-state index contributed by atoms with van der Waals surface area (Å²) in [7, 11) is -3.93. The van der Waals surface area contributed by atoms with Crippen LogP contribution in [0.2, 0.25) is 0 Å². The van der Waals surface area contributed by atoms with E-state index in [1.54, 1.807) is 12.1 Å². The lowest BCUT2D eigenvalue weighted by molar-refractivity contribution is 0.201. The van der Waals surface area contributed by atoms with Crippen molar-refractivity contribution in [2.24, 2.45) is 0 Å². The molecule has 0 unspecified atom stereocenters. The summed E-state index contributed by atoms with van der Waals surface area (Å²) in [6, 6.07) is 5.84. The van der Waals surface area contributed by atoms with Crippen molar-refractivity contribution in [3.8, 4) is 0 Å². The molecular formula is C7H6INO4S. The lowest BCUT2D eigenvalue weighted by Crippen LogP contribution is -2.28. The number of halogens is 1. The van der Waals surface area contributed by atoms with Gasteiger partial charge in [0, 0.05) is 3.57 Å². The van der Waals surface area contributed by atoms with Gasteiger partial charge in [-0.1, -0.05) is 0 Å². The zero-order valence-electron chi connectivity index (χ0n) is 6.77. The molecule has 0 radical (unpaired) electrons. The van der Waals surface area contributed by atoms with Crippen LogP contribution in [0.1, 0.15) is 0 Å². The first kappa shape index (κ1) is 11.2. The Balaban J connectivity index is 3.05. The Bertz CT molecular complexity index is 439. The van der Waals surface area contributed by atoms with Gasteiger partial charge in [0.2, 0.25) is 0 Å². The summed E-state index contributed by atoms with van der Waals surface area (Å²) >= 11 is 2.02. The van der Waals surface area contributed by atoms with Crippen LogP contribution in [-0.4, -0.2) is 19.6 Å². The molecule has 0 fully saturated rings. The van der Waals surface area contributed by atoms with Crippen molar-refractivity contribution < 1.29 is 18.3 Å². The molecule has 0 aromatic heterocycles. The van der Waals surface area contributed by atoms with Crippen molar-refractivity contribution in [3.63, 3.8) is 0 Å². The molecule has 1 aromatic rings. The van der Waals surface area contributed by atoms with Crippen LogP contribution in [0, 0.1) is 3.57 Å². The zero-order valence-corrected chi connectivity index (χ0v) is 9.74. The molecule has 14 heavy (non-hydrogen) atoms. The number of rotatable bonds is 2. The molecule has 7 heteroatoms. The van der Waals surface area contributed by atoms with Gasteiger partial charge >= 0.3 is 6.09 Å². The largest absolute Gasteiger partial charge is 0.464 e. The van der Waals surface area contributed by atoms with E-state index in [2.05, 4.69) is 0 Å². The van der Waals surface area contributed by atoms with Gasteiger partial charge in [-0.25, -0.2) is 17.9 Å². The first-order valence-corrected chi connectivity index (χ1v) is 5.99. The maximum atomic E-state index is 11.3. The molecule has 1 rings (SSSR count). The topological polar surface area (TPSA) is 83.5 Å². The van der Waals surface area contributed by atoms with Gasteiger partial charge in [0.1, 0.15) is 0 Å². The second kappa shape index (κ2) is 4.13. The highest BCUT2D eigenvalue weighted by Crippen LogP contribution is 2.11. The zero-order chi connectivity index (χ0) is 10.8. The summed E-state index contributed by atoms with van der Waals surface area (Å²) in [5.41, 5.74) is 0. The SMILES string of the molecule is O=C(O)NS(=O)(=O)c1ccc(I)cc1. The minimum absolute atomic E-state index is 0.0692. The summed E-state index contributed by atoms with van der Waals surface area (Å²) in [4.78, 5) is 10.1. The monoisotopic (exact) mass is 327 g/mol. The molecule has 0 heterocycles. The van der Waals surface area contributed by atoms with E-state index in [0.29, 0.717) is 0 Å². The van der Waals surface area contributed by atoms with E-state index in [1.807, 2.05) is 22.6 Å². The molecule has 2 N–H and O–H groups in total. The Morgan fingerprint density at radius 1 is 1.29 bits per heavy atom. The predicted molar refractivity (Wildman–Crippen MR) is 57.5 cm³/mol. The van der Waals surface area contributed by atoms with Crippen LogP contribution in [0.3, 0.4) is 0 Å². The summed E-state index contributed by atoms with van der Waals surface area (Å²) in [5, 5.41) is 8.27. The molecule has 0 spiro atoms. The third-order valence-electron chi connectivity index (χ3n) is 1.35. The normalized spacial score (nSPS) is 10.9. The summed E-state index contributed by atoms with van der Waals surface area (Å²) in [6.07, 6.45) is -1.59. The van der Waals surface area contributed by atoms with Crippen LogP contribution >= 0.6 is 22.6 Å². The smallest absolute Gasteiger partial charge is 0.418 e. The van der Waals surface area contributed by atoms with Gasteiger partial charge < -0.3 is 5.11 Å². The molecule has 0 aliphatic heterocycles. The standard InChI is InChI=1S/C7H6INO4S/c8-5-1-3-6(4-2-5)14(12,13)9-7(10)11/h1-4,9H,(H,10,11). The van der Waals surface area contributed by atoms with E-state index >= 15 is 0 Å². The molecule has 1 amide bonds. The Labute approximate surface area is 94.3 Å². The number of carboxylic acid groups (broad SMARTS) is 1. The van der Waals surface area contributed by atoms with Crippen LogP contribution in [0.25, 0.3) is 0 Å². The molecule has 0 aliphatic rings. The molecule has 0 atom stereocenters. The molecule has 1 aromatic carbocycles. The average Bonchev–Trinajstić information content (AvgIpc) is 2.02. The highest BCUT2D eigenvalue weighted by atomic mass is 127. The van der Waals surface area contributed by atoms with Crippen molar-refractivity contribution in [2.75, 3.05) is 0 Å². The quantitative estimate of drug-likeness (QED) is 0.801. The Morgan fingerprint density at radius 3 is 2.21 bits per heavy atom. The van der Waals surface area contributed by atoms with Gasteiger partial charge in [-0.2, -0.15) is 0 Å². The van der Waals surface area contributed by atoms with E-state index < -0.39 is 16.1 Å². The highest BCUT2D eigenvalue weighted by Gasteiger charge is 2.15. The number of hydrogen-bond donors (Lipinski definition) is 2. The molecule has 0 saturated carbocycles.